The summed E-state index contributed by atoms with van der Waals surface area (Å²) in [5.74, 6) is 0. The number of thioether (sulfide) groups is 1. The van der Waals surface area contributed by atoms with Gasteiger partial charge in [0.2, 0.25) is 0 Å². The highest BCUT2D eigenvalue weighted by atomic mass is 32.2. The highest BCUT2D eigenvalue weighted by molar-refractivity contribution is 7.98. The van der Waals surface area contributed by atoms with Gasteiger partial charge in [-0.2, -0.15) is 0 Å². The van der Waals surface area contributed by atoms with Gasteiger partial charge < -0.3 is 15.2 Å². The normalized spacial score (nSPS) is 18.2. The zero-order valence-corrected chi connectivity index (χ0v) is 12.2. The summed E-state index contributed by atoms with van der Waals surface area (Å²) in [7, 11) is 0. The van der Waals surface area contributed by atoms with Gasteiger partial charge in [-0.3, -0.25) is 4.90 Å². The van der Waals surface area contributed by atoms with Crippen LogP contribution >= 0.6 is 11.8 Å². The molecule has 1 fully saturated rings. The highest BCUT2D eigenvalue weighted by Crippen LogP contribution is 2.24. The second-order valence-corrected chi connectivity index (χ2v) is 5.50. The maximum absolute atomic E-state index is 10.1. The summed E-state index contributed by atoms with van der Waals surface area (Å²) < 4.78 is 5.30. The summed E-state index contributed by atoms with van der Waals surface area (Å²) in [4.78, 5) is 3.46. The number of hydrogen-bond acceptors (Lipinski definition) is 5. The number of anilines is 1. The Labute approximate surface area is 119 Å². The van der Waals surface area contributed by atoms with Crippen molar-refractivity contribution < 1.29 is 9.84 Å². The van der Waals surface area contributed by atoms with Crippen molar-refractivity contribution in [3.63, 3.8) is 0 Å². The summed E-state index contributed by atoms with van der Waals surface area (Å²) in [6.07, 6.45) is 1.71. The zero-order valence-electron chi connectivity index (χ0n) is 11.3. The molecule has 0 saturated carbocycles. The van der Waals surface area contributed by atoms with Gasteiger partial charge in [0.25, 0.3) is 0 Å². The number of ether oxygens (including phenoxy) is 1. The lowest BCUT2D eigenvalue weighted by Crippen LogP contribution is -2.42. The van der Waals surface area contributed by atoms with E-state index in [-0.39, 0.29) is 6.10 Å². The Bertz CT molecular complexity index is 383. The van der Waals surface area contributed by atoms with Crippen LogP contribution in [0.25, 0.3) is 0 Å². The van der Waals surface area contributed by atoms with Gasteiger partial charge in [0.15, 0.2) is 0 Å². The molecule has 0 aromatic heterocycles. The standard InChI is InChI=1S/C14H22N2O2S/c1-19-14-5-3-2-4-13(14)15-10-12(17)11-16-6-8-18-9-7-16/h2-5,12,15,17H,6-11H2,1H3. The Morgan fingerprint density at radius 2 is 2.11 bits per heavy atom. The molecule has 2 N–H and O–H groups in total. The maximum atomic E-state index is 10.1. The first-order valence-electron chi connectivity index (χ1n) is 6.64. The van der Waals surface area contributed by atoms with E-state index in [2.05, 4.69) is 22.5 Å². The van der Waals surface area contributed by atoms with Crippen LogP contribution in [0.5, 0.6) is 0 Å². The Morgan fingerprint density at radius 3 is 2.84 bits per heavy atom. The molecule has 1 aliphatic heterocycles. The number of β-amino-alcohol motifs (C(OH)–C–C–N with tert-alkyl or cyclic N) is 1. The Morgan fingerprint density at radius 1 is 1.37 bits per heavy atom. The molecular formula is C14H22N2O2S. The number of aliphatic hydroxyl groups excluding tert-OH is 1. The van der Waals surface area contributed by atoms with E-state index in [1.807, 2.05) is 18.2 Å². The van der Waals surface area contributed by atoms with E-state index in [9.17, 15) is 5.11 Å². The van der Waals surface area contributed by atoms with E-state index in [1.54, 1.807) is 11.8 Å². The van der Waals surface area contributed by atoms with E-state index < -0.39 is 0 Å². The topological polar surface area (TPSA) is 44.7 Å². The molecule has 106 valence electrons. The van der Waals surface area contributed by atoms with Crippen LogP contribution < -0.4 is 5.32 Å². The number of aliphatic hydroxyl groups is 1. The van der Waals surface area contributed by atoms with Crippen molar-refractivity contribution in [3.05, 3.63) is 24.3 Å². The highest BCUT2D eigenvalue weighted by Gasteiger charge is 2.14. The quantitative estimate of drug-likeness (QED) is 0.775. The fourth-order valence-corrected chi connectivity index (χ4v) is 2.74. The summed E-state index contributed by atoms with van der Waals surface area (Å²) in [6.45, 7) is 4.66. The number of morpholine rings is 1. The van der Waals surface area contributed by atoms with Crippen molar-refractivity contribution in [3.8, 4) is 0 Å². The molecule has 0 radical (unpaired) electrons. The molecule has 0 amide bonds. The average Bonchev–Trinajstić information content (AvgIpc) is 2.46. The van der Waals surface area contributed by atoms with Crippen molar-refractivity contribution in [1.29, 1.82) is 0 Å². The van der Waals surface area contributed by atoms with E-state index in [1.165, 1.54) is 4.90 Å². The largest absolute Gasteiger partial charge is 0.390 e. The molecule has 0 spiro atoms. The Hall–Kier alpha value is -0.750. The first kappa shape index (κ1) is 14.7. The SMILES string of the molecule is CSc1ccccc1NCC(O)CN1CCOCC1. The van der Waals surface area contributed by atoms with Gasteiger partial charge in [0.1, 0.15) is 0 Å². The molecule has 1 aliphatic rings. The minimum Gasteiger partial charge on any atom is -0.390 e. The summed E-state index contributed by atoms with van der Waals surface area (Å²) >= 11 is 1.71. The molecule has 1 atom stereocenters. The third-order valence-corrected chi connectivity index (χ3v) is 4.00. The van der Waals surface area contributed by atoms with Crippen LogP contribution in [-0.4, -0.2) is 61.8 Å². The van der Waals surface area contributed by atoms with E-state index >= 15 is 0 Å². The smallest absolute Gasteiger partial charge is 0.0839 e. The number of nitrogens with one attached hydrogen (secondary N) is 1. The molecule has 4 nitrogen and oxygen atoms in total. The molecule has 1 heterocycles. The lowest BCUT2D eigenvalue weighted by molar-refractivity contribution is 0.0171. The molecule has 19 heavy (non-hydrogen) atoms. The lowest BCUT2D eigenvalue weighted by Gasteiger charge is -2.28. The molecule has 1 aromatic carbocycles. The van der Waals surface area contributed by atoms with E-state index in [4.69, 9.17) is 4.74 Å². The second kappa shape index (κ2) is 7.75. The Kier molecular flexibility index (Phi) is 5.97. The van der Waals surface area contributed by atoms with Crippen LogP contribution in [0.3, 0.4) is 0 Å². The van der Waals surface area contributed by atoms with Gasteiger partial charge in [0.05, 0.1) is 19.3 Å². The molecule has 0 bridgehead atoms. The fraction of sp³-hybridized carbons (Fsp3) is 0.571. The van der Waals surface area contributed by atoms with Gasteiger partial charge >= 0.3 is 0 Å². The molecular weight excluding hydrogens is 260 g/mol. The van der Waals surface area contributed by atoms with Crippen molar-refractivity contribution in [2.75, 3.05) is 51.0 Å². The number of hydrogen-bond donors (Lipinski definition) is 2. The van der Waals surface area contributed by atoms with E-state index in [0.717, 1.165) is 32.0 Å². The minimum atomic E-state index is -0.354. The zero-order chi connectivity index (χ0) is 13.5. The van der Waals surface area contributed by atoms with Gasteiger partial charge in [0, 0.05) is 36.8 Å². The monoisotopic (exact) mass is 282 g/mol. The van der Waals surface area contributed by atoms with Crippen LogP contribution in [0.4, 0.5) is 5.69 Å². The van der Waals surface area contributed by atoms with E-state index in [0.29, 0.717) is 13.1 Å². The summed E-state index contributed by atoms with van der Waals surface area (Å²) in [5.41, 5.74) is 1.09. The summed E-state index contributed by atoms with van der Waals surface area (Å²) in [5, 5.41) is 13.4. The van der Waals surface area contributed by atoms with Gasteiger partial charge in [-0.1, -0.05) is 12.1 Å². The van der Waals surface area contributed by atoms with Crippen LogP contribution in [0.2, 0.25) is 0 Å². The molecule has 5 heteroatoms. The van der Waals surface area contributed by atoms with Crippen LogP contribution in [0.15, 0.2) is 29.2 Å². The van der Waals surface area contributed by atoms with Crippen molar-refractivity contribution in [2.45, 2.75) is 11.0 Å². The molecule has 0 aliphatic carbocycles. The second-order valence-electron chi connectivity index (χ2n) is 4.65. The van der Waals surface area contributed by atoms with Gasteiger partial charge in [-0.05, 0) is 18.4 Å². The molecule has 1 saturated heterocycles. The number of rotatable bonds is 6. The van der Waals surface area contributed by atoms with Crippen LogP contribution in [0, 0.1) is 0 Å². The lowest BCUT2D eigenvalue weighted by atomic mass is 10.2. The average molecular weight is 282 g/mol. The van der Waals surface area contributed by atoms with Crippen LogP contribution in [0.1, 0.15) is 0 Å². The van der Waals surface area contributed by atoms with Gasteiger partial charge in [-0.25, -0.2) is 0 Å². The first-order chi connectivity index (χ1) is 9.29. The maximum Gasteiger partial charge on any atom is 0.0839 e. The fourth-order valence-electron chi connectivity index (χ4n) is 2.16. The molecule has 2 rings (SSSR count). The molecule has 1 aromatic rings. The molecule has 1 unspecified atom stereocenters. The third-order valence-electron chi connectivity index (χ3n) is 3.21. The number of benzene rings is 1. The third kappa shape index (κ3) is 4.69. The van der Waals surface area contributed by atoms with Crippen molar-refractivity contribution >= 4 is 17.4 Å². The minimum absolute atomic E-state index is 0.354. The summed E-state index contributed by atoms with van der Waals surface area (Å²) in [6, 6.07) is 8.17. The first-order valence-corrected chi connectivity index (χ1v) is 7.87. The number of para-hydroxylation sites is 1. The predicted molar refractivity (Wildman–Crippen MR) is 80.0 cm³/mol. The van der Waals surface area contributed by atoms with Crippen molar-refractivity contribution in [1.82, 2.24) is 4.90 Å². The van der Waals surface area contributed by atoms with Gasteiger partial charge in [-0.15, -0.1) is 11.8 Å². The predicted octanol–water partition coefficient (Wildman–Crippen LogP) is 1.51. The Balaban J connectivity index is 1.77. The van der Waals surface area contributed by atoms with Crippen LogP contribution in [-0.2, 0) is 4.74 Å². The van der Waals surface area contributed by atoms with Crippen molar-refractivity contribution in [2.24, 2.45) is 0 Å². The number of nitrogens with zero attached hydrogens (tertiary/aromatic N) is 1.